The number of sulfonamides is 1. The van der Waals surface area contributed by atoms with E-state index in [0.29, 0.717) is 6.42 Å². The van der Waals surface area contributed by atoms with Crippen LogP contribution in [0.15, 0.2) is 23.1 Å². The van der Waals surface area contributed by atoms with E-state index in [1.165, 1.54) is 26.2 Å². The van der Waals surface area contributed by atoms with Crippen LogP contribution in [0.1, 0.15) is 16.8 Å². The normalized spacial score (nSPS) is 11.1. The second kappa shape index (κ2) is 6.41. The molecule has 6 nitrogen and oxygen atoms in total. The molecule has 0 atom stereocenters. The zero-order chi connectivity index (χ0) is 15.3. The Hall–Kier alpha value is -2.04. The van der Waals surface area contributed by atoms with Gasteiger partial charge < -0.3 is 9.84 Å². The van der Waals surface area contributed by atoms with Gasteiger partial charge in [0.25, 0.3) is 0 Å². The first kappa shape index (κ1) is 16.0. The minimum Gasteiger partial charge on any atom is -0.492 e. The van der Waals surface area contributed by atoms with Crippen molar-refractivity contribution in [2.75, 3.05) is 20.7 Å². The molecule has 1 aromatic rings. The second-order valence-electron chi connectivity index (χ2n) is 4.05. The summed E-state index contributed by atoms with van der Waals surface area (Å²) in [6.45, 7) is 0.163. The molecule has 0 aliphatic rings. The van der Waals surface area contributed by atoms with E-state index in [4.69, 9.17) is 16.3 Å². The Morgan fingerprint density at radius 2 is 2.10 bits per heavy atom. The van der Waals surface area contributed by atoms with E-state index in [0.717, 1.165) is 10.4 Å². The SMILES string of the molecule is C#CCCOc1ccc(S(=O)(=O)N(C)C)cc1C(=O)O. The van der Waals surface area contributed by atoms with Gasteiger partial charge in [-0.2, -0.15) is 0 Å². The van der Waals surface area contributed by atoms with E-state index < -0.39 is 16.0 Å². The first-order chi connectivity index (χ1) is 9.30. The molecule has 1 rings (SSSR count). The van der Waals surface area contributed by atoms with E-state index in [9.17, 15) is 13.2 Å². The number of ether oxygens (including phenoxy) is 1. The summed E-state index contributed by atoms with van der Waals surface area (Å²) >= 11 is 0. The van der Waals surface area contributed by atoms with E-state index in [1.54, 1.807) is 0 Å². The van der Waals surface area contributed by atoms with Gasteiger partial charge in [0.05, 0.1) is 11.5 Å². The average Bonchev–Trinajstić information content (AvgIpc) is 2.38. The molecule has 7 heteroatoms. The molecule has 1 aromatic carbocycles. The largest absolute Gasteiger partial charge is 0.492 e. The molecule has 0 bridgehead atoms. The third-order valence-electron chi connectivity index (χ3n) is 2.46. The molecule has 0 saturated carbocycles. The van der Waals surface area contributed by atoms with Crippen LogP contribution in [-0.4, -0.2) is 44.5 Å². The average molecular weight is 297 g/mol. The van der Waals surface area contributed by atoms with Gasteiger partial charge in [0, 0.05) is 20.5 Å². The number of terminal acetylenes is 1. The third kappa shape index (κ3) is 3.50. The summed E-state index contributed by atoms with van der Waals surface area (Å²) in [5.41, 5.74) is -0.218. The monoisotopic (exact) mass is 297 g/mol. The van der Waals surface area contributed by atoms with E-state index >= 15 is 0 Å². The number of aromatic carboxylic acids is 1. The highest BCUT2D eigenvalue weighted by Crippen LogP contribution is 2.24. The molecule has 0 unspecified atom stereocenters. The van der Waals surface area contributed by atoms with Crippen molar-refractivity contribution < 1.29 is 23.1 Å². The smallest absolute Gasteiger partial charge is 0.339 e. The molecule has 0 aliphatic carbocycles. The summed E-state index contributed by atoms with van der Waals surface area (Å²) in [7, 11) is -0.956. The van der Waals surface area contributed by atoms with Gasteiger partial charge in [0.1, 0.15) is 11.3 Å². The maximum absolute atomic E-state index is 11.9. The number of hydrogen-bond donors (Lipinski definition) is 1. The summed E-state index contributed by atoms with van der Waals surface area (Å²) < 4.78 is 30.1. The van der Waals surface area contributed by atoms with Gasteiger partial charge >= 0.3 is 5.97 Å². The minimum absolute atomic E-state index is 0.0884. The highest BCUT2D eigenvalue weighted by atomic mass is 32.2. The zero-order valence-corrected chi connectivity index (χ0v) is 12.0. The highest BCUT2D eigenvalue weighted by Gasteiger charge is 2.21. The summed E-state index contributed by atoms with van der Waals surface area (Å²) in [5.74, 6) is 1.18. The van der Waals surface area contributed by atoms with Crippen LogP contribution in [0, 0.1) is 12.3 Å². The van der Waals surface area contributed by atoms with Crippen molar-refractivity contribution in [3.05, 3.63) is 23.8 Å². The lowest BCUT2D eigenvalue weighted by molar-refractivity contribution is 0.0692. The van der Waals surface area contributed by atoms with Crippen molar-refractivity contribution >= 4 is 16.0 Å². The van der Waals surface area contributed by atoms with Gasteiger partial charge in [-0.15, -0.1) is 12.3 Å². The quantitative estimate of drug-likeness (QED) is 0.626. The van der Waals surface area contributed by atoms with Crippen molar-refractivity contribution in [1.29, 1.82) is 0 Å². The maximum atomic E-state index is 11.9. The van der Waals surface area contributed by atoms with Gasteiger partial charge in [0.15, 0.2) is 0 Å². The Kier molecular flexibility index (Phi) is 5.13. The first-order valence-electron chi connectivity index (χ1n) is 5.67. The Balaban J connectivity index is 3.21. The molecule has 0 fully saturated rings. The number of nitrogens with zero attached hydrogens (tertiary/aromatic N) is 1. The van der Waals surface area contributed by atoms with Gasteiger partial charge in [-0.1, -0.05) is 0 Å². The molecular formula is C13H15NO5S. The van der Waals surface area contributed by atoms with Crippen molar-refractivity contribution in [2.24, 2.45) is 0 Å². The van der Waals surface area contributed by atoms with Crippen LogP contribution in [0.25, 0.3) is 0 Å². The Morgan fingerprint density at radius 1 is 1.45 bits per heavy atom. The van der Waals surface area contributed by atoms with Crippen LogP contribution in [0.5, 0.6) is 5.75 Å². The highest BCUT2D eigenvalue weighted by molar-refractivity contribution is 7.89. The molecule has 0 heterocycles. The summed E-state index contributed by atoms with van der Waals surface area (Å²) in [6.07, 6.45) is 5.40. The van der Waals surface area contributed by atoms with Gasteiger partial charge in [-0.3, -0.25) is 0 Å². The number of rotatable bonds is 6. The second-order valence-corrected chi connectivity index (χ2v) is 6.20. The summed E-state index contributed by atoms with van der Waals surface area (Å²) in [6, 6.07) is 3.69. The number of carboxylic acid groups (broad SMARTS) is 1. The molecule has 0 saturated heterocycles. The van der Waals surface area contributed by atoms with Crippen LogP contribution in [-0.2, 0) is 10.0 Å². The van der Waals surface area contributed by atoms with Crippen LogP contribution >= 0.6 is 0 Å². The summed E-state index contributed by atoms with van der Waals surface area (Å²) in [4.78, 5) is 11.1. The molecule has 1 N–H and O–H groups in total. The van der Waals surface area contributed by atoms with Gasteiger partial charge in [-0.25, -0.2) is 17.5 Å². The predicted octanol–water partition coefficient (Wildman–Crippen LogP) is 1.04. The van der Waals surface area contributed by atoms with Crippen molar-refractivity contribution in [3.8, 4) is 18.1 Å². The first-order valence-corrected chi connectivity index (χ1v) is 7.11. The maximum Gasteiger partial charge on any atom is 0.339 e. The van der Waals surface area contributed by atoms with Crippen LogP contribution in [0.4, 0.5) is 0 Å². The molecule has 0 spiro atoms. The fourth-order valence-corrected chi connectivity index (χ4v) is 2.32. The molecule has 0 aliphatic heterocycles. The number of carbonyl (C=O) groups is 1. The molecule has 20 heavy (non-hydrogen) atoms. The Morgan fingerprint density at radius 3 is 2.60 bits per heavy atom. The molecule has 0 amide bonds. The standard InChI is InChI=1S/C13H15NO5S/c1-4-5-8-19-12-7-6-10(9-11(12)13(15)16)20(17,18)14(2)3/h1,6-7,9H,5,8H2,2-3H3,(H,15,16). The van der Waals surface area contributed by atoms with Gasteiger partial charge in [-0.05, 0) is 18.2 Å². The number of benzene rings is 1. The van der Waals surface area contributed by atoms with Crippen molar-refractivity contribution in [3.63, 3.8) is 0 Å². The van der Waals surface area contributed by atoms with Crippen LogP contribution in [0.3, 0.4) is 0 Å². The Labute approximate surface area is 118 Å². The topological polar surface area (TPSA) is 83.9 Å². The van der Waals surface area contributed by atoms with Gasteiger partial charge in [0.2, 0.25) is 10.0 Å². The molecule has 108 valence electrons. The molecule has 0 radical (unpaired) electrons. The van der Waals surface area contributed by atoms with E-state index in [2.05, 4.69) is 5.92 Å². The molecule has 0 aromatic heterocycles. The number of hydrogen-bond acceptors (Lipinski definition) is 4. The predicted molar refractivity (Wildman–Crippen MR) is 73.2 cm³/mol. The lowest BCUT2D eigenvalue weighted by atomic mass is 10.2. The fourth-order valence-electron chi connectivity index (χ4n) is 1.39. The van der Waals surface area contributed by atoms with Crippen LogP contribution < -0.4 is 4.74 Å². The Bertz CT molecular complexity index is 643. The number of carboxylic acids is 1. The zero-order valence-electron chi connectivity index (χ0n) is 11.2. The van der Waals surface area contributed by atoms with Crippen molar-refractivity contribution in [2.45, 2.75) is 11.3 Å². The van der Waals surface area contributed by atoms with E-state index in [1.807, 2.05) is 0 Å². The fraction of sp³-hybridized carbons (Fsp3) is 0.308. The summed E-state index contributed by atoms with van der Waals surface area (Å²) in [5, 5.41) is 9.12. The lowest BCUT2D eigenvalue weighted by Gasteiger charge is -2.13. The van der Waals surface area contributed by atoms with Crippen LogP contribution in [0.2, 0.25) is 0 Å². The third-order valence-corrected chi connectivity index (χ3v) is 4.28. The van der Waals surface area contributed by atoms with Crippen molar-refractivity contribution in [1.82, 2.24) is 4.31 Å². The van der Waals surface area contributed by atoms with E-state index in [-0.39, 0.29) is 22.8 Å². The lowest BCUT2D eigenvalue weighted by Crippen LogP contribution is -2.22. The minimum atomic E-state index is -3.69. The molecular weight excluding hydrogens is 282 g/mol.